The molecule has 298 valence electrons. The Morgan fingerprint density at radius 2 is 1.09 bits per heavy atom. The summed E-state index contributed by atoms with van der Waals surface area (Å²) in [5.41, 5.74) is 3.17. The van der Waals surface area contributed by atoms with Gasteiger partial charge in [-0.3, -0.25) is 0 Å². The van der Waals surface area contributed by atoms with Crippen LogP contribution in [0.3, 0.4) is 0 Å². The zero-order valence-electron chi connectivity index (χ0n) is 31.3. The molecule has 58 heavy (non-hydrogen) atoms. The van der Waals surface area contributed by atoms with Gasteiger partial charge in [0, 0.05) is 18.2 Å². The van der Waals surface area contributed by atoms with Gasteiger partial charge in [-0.25, -0.2) is 24.0 Å². The number of fused-ring (bicyclic) bond motifs is 1. The van der Waals surface area contributed by atoms with Crippen molar-refractivity contribution in [1.29, 1.82) is 0 Å². The molecule has 13 nitrogen and oxygen atoms in total. The number of rotatable bonds is 17. The number of hydrogen-bond acceptors (Lipinski definition) is 13. The van der Waals surface area contributed by atoms with Crippen molar-refractivity contribution in [2.75, 3.05) is 26.4 Å². The van der Waals surface area contributed by atoms with E-state index in [0.717, 1.165) is 28.8 Å². The molecule has 6 rings (SSSR count). The van der Waals surface area contributed by atoms with Crippen molar-refractivity contribution < 1.29 is 61.9 Å². The molecule has 0 amide bonds. The first-order valence-corrected chi connectivity index (χ1v) is 18.4. The fourth-order valence-corrected chi connectivity index (χ4v) is 5.99. The lowest BCUT2D eigenvalue weighted by Crippen LogP contribution is -2.35. The molecule has 0 bridgehead atoms. The monoisotopic (exact) mass is 788 g/mol. The predicted molar refractivity (Wildman–Crippen MR) is 209 cm³/mol. The van der Waals surface area contributed by atoms with E-state index < -0.39 is 54.3 Å². The maximum atomic E-state index is 13.0. The van der Waals surface area contributed by atoms with Crippen molar-refractivity contribution in [3.63, 3.8) is 0 Å². The number of unbranched alkanes of at least 4 members (excludes halogenated alkanes) is 1. The SMILES string of the molecule is C=CC(=O)OCCCCOc1ccc(C(=O)Oc2ccc(C(=O)O[C@H]3CO[C@H]4[C@@H]3OC[C@H]4OC(=O)/C=C/c3ccc(-c4ccc(OC(=O)C=C)cc4)cc3)cc2)cc1. The van der Waals surface area contributed by atoms with E-state index in [1.165, 1.54) is 30.3 Å². The first-order valence-electron chi connectivity index (χ1n) is 18.4. The zero-order valence-corrected chi connectivity index (χ0v) is 31.3. The van der Waals surface area contributed by atoms with E-state index >= 15 is 0 Å². The van der Waals surface area contributed by atoms with E-state index in [1.54, 1.807) is 42.5 Å². The number of carbonyl (C=O) groups excluding carboxylic acids is 5. The summed E-state index contributed by atoms with van der Waals surface area (Å²) >= 11 is 0. The lowest BCUT2D eigenvalue weighted by molar-refractivity contribution is -0.147. The third kappa shape index (κ3) is 11.1. The van der Waals surface area contributed by atoms with Crippen LogP contribution in [0.5, 0.6) is 17.2 Å². The Morgan fingerprint density at radius 3 is 1.71 bits per heavy atom. The van der Waals surface area contributed by atoms with E-state index in [0.29, 0.717) is 36.5 Å². The molecule has 13 heteroatoms. The normalized spacial score (nSPS) is 18.1. The highest BCUT2D eigenvalue weighted by Gasteiger charge is 2.51. The molecule has 2 heterocycles. The van der Waals surface area contributed by atoms with E-state index in [2.05, 4.69) is 13.2 Å². The summed E-state index contributed by atoms with van der Waals surface area (Å²) in [6.45, 7) is 7.57. The molecule has 0 aromatic heterocycles. The third-order valence-electron chi connectivity index (χ3n) is 8.99. The quantitative estimate of drug-likeness (QED) is 0.0376. The Labute approximate surface area is 334 Å². The summed E-state index contributed by atoms with van der Waals surface area (Å²) in [6, 6.07) is 27.0. The molecule has 0 saturated carbocycles. The van der Waals surface area contributed by atoms with Crippen LogP contribution in [0.25, 0.3) is 17.2 Å². The van der Waals surface area contributed by atoms with E-state index in [-0.39, 0.29) is 31.1 Å². The van der Waals surface area contributed by atoms with Crippen molar-refractivity contribution >= 4 is 35.9 Å². The van der Waals surface area contributed by atoms with Crippen LogP contribution in [0.4, 0.5) is 0 Å². The minimum Gasteiger partial charge on any atom is -0.494 e. The number of carbonyl (C=O) groups is 5. The van der Waals surface area contributed by atoms with Gasteiger partial charge in [0.05, 0.1) is 37.6 Å². The highest BCUT2D eigenvalue weighted by molar-refractivity contribution is 5.92. The second-order valence-corrected chi connectivity index (χ2v) is 13.0. The van der Waals surface area contributed by atoms with Gasteiger partial charge in [0.2, 0.25) is 0 Å². The summed E-state index contributed by atoms with van der Waals surface area (Å²) in [5, 5.41) is 0. The van der Waals surface area contributed by atoms with E-state index in [1.807, 2.05) is 36.4 Å². The average Bonchev–Trinajstić information content (AvgIpc) is 3.84. The van der Waals surface area contributed by atoms with Crippen LogP contribution >= 0.6 is 0 Å². The van der Waals surface area contributed by atoms with Crippen LogP contribution < -0.4 is 14.2 Å². The van der Waals surface area contributed by atoms with Crippen molar-refractivity contribution in [2.24, 2.45) is 0 Å². The van der Waals surface area contributed by atoms with Gasteiger partial charge in [-0.2, -0.15) is 0 Å². The summed E-state index contributed by atoms with van der Waals surface area (Å²) < 4.78 is 44.1. The predicted octanol–water partition coefficient (Wildman–Crippen LogP) is 6.50. The van der Waals surface area contributed by atoms with Crippen molar-refractivity contribution in [1.82, 2.24) is 0 Å². The molecular weight excluding hydrogens is 748 g/mol. The Balaban J connectivity index is 0.912. The maximum Gasteiger partial charge on any atom is 0.343 e. The van der Waals surface area contributed by atoms with Crippen LogP contribution in [0.15, 0.2) is 128 Å². The van der Waals surface area contributed by atoms with Gasteiger partial charge < -0.3 is 37.9 Å². The minimum absolute atomic E-state index is 0.0623. The average molecular weight is 789 g/mol. The maximum absolute atomic E-state index is 13.0. The third-order valence-corrected chi connectivity index (χ3v) is 8.99. The van der Waals surface area contributed by atoms with Gasteiger partial charge in [0.15, 0.2) is 12.2 Å². The first kappa shape index (κ1) is 40.8. The molecule has 4 aromatic carbocycles. The van der Waals surface area contributed by atoms with Gasteiger partial charge in [-0.1, -0.05) is 49.6 Å². The topological polar surface area (TPSA) is 159 Å². The second kappa shape index (κ2) is 19.9. The van der Waals surface area contributed by atoms with Gasteiger partial charge in [0.25, 0.3) is 0 Å². The van der Waals surface area contributed by atoms with Crippen LogP contribution in [-0.2, 0) is 38.1 Å². The molecule has 2 fully saturated rings. The summed E-state index contributed by atoms with van der Waals surface area (Å²) in [4.78, 5) is 60.8. The second-order valence-electron chi connectivity index (χ2n) is 13.0. The van der Waals surface area contributed by atoms with Crippen LogP contribution in [-0.4, -0.2) is 80.7 Å². The van der Waals surface area contributed by atoms with E-state index in [4.69, 9.17) is 37.9 Å². The van der Waals surface area contributed by atoms with Crippen LogP contribution in [0.1, 0.15) is 39.1 Å². The number of ether oxygens (including phenoxy) is 8. The molecule has 0 unspecified atom stereocenters. The highest BCUT2D eigenvalue weighted by Crippen LogP contribution is 2.31. The summed E-state index contributed by atoms with van der Waals surface area (Å²) in [7, 11) is 0. The van der Waals surface area contributed by atoms with Crippen LogP contribution in [0.2, 0.25) is 0 Å². The van der Waals surface area contributed by atoms with Crippen molar-refractivity contribution in [2.45, 2.75) is 37.3 Å². The number of esters is 5. The van der Waals surface area contributed by atoms with Gasteiger partial charge >= 0.3 is 29.8 Å². The fourth-order valence-electron chi connectivity index (χ4n) is 5.99. The van der Waals surface area contributed by atoms with Gasteiger partial charge in [0.1, 0.15) is 29.5 Å². The first-order chi connectivity index (χ1) is 28.2. The summed E-state index contributed by atoms with van der Waals surface area (Å²) in [5.74, 6) is -1.56. The lowest BCUT2D eigenvalue weighted by Gasteiger charge is -2.17. The van der Waals surface area contributed by atoms with Crippen LogP contribution in [0, 0.1) is 0 Å². The van der Waals surface area contributed by atoms with Crippen molar-refractivity contribution in [3.8, 4) is 28.4 Å². The molecule has 4 aromatic rings. The Kier molecular flexibility index (Phi) is 14.0. The zero-order chi connectivity index (χ0) is 40.9. The Morgan fingerprint density at radius 1 is 0.569 bits per heavy atom. The van der Waals surface area contributed by atoms with E-state index in [9.17, 15) is 24.0 Å². The smallest absolute Gasteiger partial charge is 0.343 e. The number of hydrogen-bond donors (Lipinski definition) is 0. The van der Waals surface area contributed by atoms with Gasteiger partial charge in [-0.15, -0.1) is 0 Å². The molecule has 0 spiro atoms. The Bertz CT molecular complexity index is 2120. The number of benzene rings is 4. The fraction of sp³-hybridized carbons (Fsp3) is 0.222. The molecule has 2 saturated heterocycles. The summed E-state index contributed by atoms with van der Waals surface area (Å²) in [6.07, 6.45) is 3.85. The highest BCUT2D eigenvalue weighted by atomic mass is 16.7. The molecule has 0 aliphatic carbocycles. The Hall–Kier alpha value is -6.83. The lowest BCUT2D eigenvalue weighted by atomic mass is 10.0. The molecule has 4 atom stereocenters. The molecule has 0 N–H and O–H groups in total. The molecule has 2 aliphatic rings. The minimum atomic E-state index is -0.722. The molecule has 2 aliphatic heterocycles. The van der Waals surface area contributed by atoms with Crippen molar-refractivity contribution in [3.05, 3.63) is 145 Å². The largest absolute Gasteiger partial charge is 0.494 e. The molecular formula is C45H40O13. The van der Waals surface area contributed by atoms with Gasteiger partial charge in [-0.05, 0) is 96.3 Å². The molecule has 0 radical (unpaired) electrons. The standard InChI is InChI=1S/C45H40O13/c1-3-39(46)52-26-6-5-25-51-34-18-14-32(15-19-34)44(49)56-36-22-16-33(17-23-36)45(50)58-38-28-54-42-37(27-53-43(38)42)57-41(48)24-9-29-7-10-30(11-8-29)31-12-20-35(21-13-31)55-40(47)4-2/h3-4,7-24,37-38,42-43H,1-2,5-6,25-28H2/b24-9+/t37-,38+,42-,43-/m1/s1.